The smallest absolute Gasteiger partial charge is 0.239 e. The molecule has 0 spiro atoms. The molecule has 0 aliphatic carbocycles. The molecule has 0 aliphatic rings. The second-order valence-corrected chi connectivity index (χ2v) is 3.32. The molecule has 1 rings (SSSR count). The summed E-state index contributed by atoms with van der Waals surface area (Å²) in [5, 5.41) is 5.27. The van der Waals surface area contributed by atoms with Gasteiger partial charge < -0.3 is 21.1 Å². The topological polar surface area (TPSA) is 115 Å². The van der Waals surface area contributed by atoms with Crippen LogP contribution in [-0.4, -0.2) is 47.7 Å². The van der Waals surface area contributed by atoms with Gasteiger partial charge >= 0.3 is 0 Å². The Bertz CT molecular complexity index is 368. The minimum absolute atomic E-state index is 0.00714. The van der Waals surface area contributed by atoms with Crippen LogP contribution in [0.1, 0.15) is 0 Å². The van der Waals surface area contributed by atoms with Gasteiger partial charge in [-0.15, -0.1) is 0 Å². The van der Waals surface area contributed by atoms with Gasteiger partial charge in [0.15, 0.2) is 0 Å². The first kappa shape index (κ1) is 13.4. The van der Waals surface area contributed by atoms with Crippen LogP contribution in [0.2, 0.25) is 5.28 Å². The van der Waals surface area contributed by atoms with Crippen LogP contribution < -0.4 is 16.4 Å². The van der Waals surface area contributed by atoms with Crippen LogP contribution in [0.3, 0.4) is 0 Å². The van der Waals surface area contributed by atoms with Crippen LogP contribution in [0, 0.1) is 0 Å². The molecule has 0 radical (unpaired) electrons. The third-order valence-corrected chi connectivity index (χ3v) is 1.83. The summed E-state index contributed by atoms with van der Waals surface area (Å²) in [7, 11) is 1.56. The predicted molar refractivity (Wildman–Crippen MR) is 62.6 cm³/mol. The van der Waals surface area contributed by atoms with Crippen molar-refractivity contribution in [2.24, 2.45) is 0 Å². The molecule has 0 aliphatic heterocycles. The number of carbonyl (C=O) groups excluding carboxylic acids is 1. The maximum Gasteiger partial charge on any atom is 0.239 e. The molecule has 0 saturated carbocycles. The van der Waals surface area contributed by atoms with E-state index in [1.807, 2.05) is 0 Å². The molecule has 1 amide bonds. The van der Waals surface area contributed by atoms with E-state index in [0.717, 1.165) is 0 Å². The van der Waals surface area contributed by atoms with Crippen LogP contribution in [0.4, 0.5) is 11.9 Å². The Balaban J connectivity index is 2.36. The summed E-state index contributed by atoms with van der Waals surface area (Å²) >= 11 is 5.57. The quantitative estimate of drug-likeness (QED) is 0.578. The van der Waals surface area contributed by atoms with Gasteiger partial charge in [0.1, 0.15) is 0 Å². The lowest BCUT2D eigenvalue weighted by Gasteiger charge is -2.06. The van der Waals surface area contributed by atoms with Crippen molar-refractivity contribution in [2.75, 3.05) is 37.9 Å². The number of nitrogens with zero attached hydrogens (tertiary/aromatic N) is 3. The minimum Gasteiger partial charge on any atom is -0.383 e. The van der Waals surface area contributed by atoms with E-state index in [1.165, 1.54) is 0 Å². The first-order valence-corrected chi connectivity index (χ1v) is 5.16. The summed E-state index contributed by atoms with van der Waals surface area (Å²) in [5.41, 5.74) is 5.36. The van der Waals surface area contributed by atoms with Gasteiger partial charge in [-0.3, -0.25) is 4.79 Å². The number of nitrogens with one attached hydrogen (secondary N) is 2. The average molecular weight is 261 g/mol. The zero-order valence-corrected chi connectivity index (χ0v) is 9.99. The highest BCUT2D eigenvalue weighted by atomic mass is 35.5. The fourth-order valence-corrected chi connectivity index (χ4v) is 1.13. The molecule has 1 heterocycles. The van der Waals surface area contributed by atoms with Crippen LogP contribution in [-0.2, 0) is 9.53 Å². The number of halogens is 1. The van der Waals surface area contributed by atoms with Gasteiger partial charge in [0.25, 0.3) is 0 Å². The third-order valence-electron chi connectivity index (χ3n) is 1.66. The monoisotopic (exact) mass is 260 g/mol. The van der Waals surface area contributed by atoms with E-state index in [9.17, 15) is 4.79 Å². The highest BCUT2D eigenvalue weighted by molar-refractivity contribution is 6.28. The largest absolute Gasteiger partial charge is 0.383 e. The molecular weight excluding hydrogens is 248 g/mol. The normalized spacial score (nSPS) is 10.0. The molecule has 94 valence electrons. The van der Waals surface area contributed by atoms with Gasteiger partial charge in [0, 0.05) is 13.7 Å². The van der Waals surface area contributed by atoms with Gasteiger partial charge in [0.05, 0.1) is 13.2 Å². The van der Waals surface area contributed by atoms with Gasteiger partial charge in [-0.1, -0.05) is 0 Å². The van der Waals surface area contributed by atoms with Gasteiger partial charge in [-0.2, -0.15) is 15.0 Å². The lowest BCUT2D eigenvalue weighted by molar-refractivity contribution is -0.119. The number of hydrogen-bond donors (Lipinski definition) is 3. The maximum absolute atomic E-state index is 11.3. The Morgan fingerprint density at radius 2 is 2.24 bits per heavy atom. The summed E-state index contributed by atoms with van der Waals surface area (Å²) in [6, 6.07) is 0. The van der Waals surface area contributed by atoms with Crippen molar-refractivity contribution < 1.29 is 9.53 Å². The summed E-state index contributed by atoms with van der Waals surface area (Å²) < 4.78 is 4.78. The van der Waals surface area contributed by atoms with Crippen molar-refractivity contribution in [2.45, 2.75) is 0 Å². The Morgan fingerprint density at radius 3 is 2.88 bits per heavy atom. The van der Waals surface area contributed by atoms with E-state index < -0.39 is 0 Å². The molecule has 0 atom stereocenters. The van der Waals surface area contributed by atoms with E-state index in [-0.39, 0.29) is 29.6 Å². The molecule has 8 nitrogen and oxygen atoms in total. The zero-order valence-electron chi connectivity index (χ0n) is 9.23. The summed E-state index contributed by atoms with van der Waals surface area (Å²) in [6.45, 7) is 0.914. The second-order valence-electron chi connectivity index (χ2n) is 2.98. The lowest BCUT2D eigenvalue weighted by Crippen LogP contribution is -2.32. The standard InChI is InChI=1S/C8H13ClN6O2/c1-17-3-2-11-5(16)4-12-8-14-6(9)13-7(10)15-8/h2-4H2,1H3,(H,11,16)(H3,10,12,13,14,15). The number of carbonyl (C=O) groups is 1. The SMILES string of the molecule is COCCNC(=O)CNc1nc(N)nc(Cl)n1. The molecule has 0 aromatic carbocycles. The van der Waals surface area contributed by atoms with E-state index in [4.69, 9.17) is 22.1 Å². The van der Waals surface area contributed by atoms with Crippen molar-refractivity contribution >= 4 is 29.4 Å². The number of hydrogen-bond acceptors (Lipinski definition) is 7. The number of ether oxygens (including phenoxy) is 1. The number of nitrogens with two attached hydrogens (primary N) is 1. The third kappa shape index (κ3) is 5.27. The molecule has 0 fully saturated rings. The van der Waals surface area contributed by atoms with E-state index >= 15 is 0 Å². The summed E-state index contributed by atoms with van der Waals surface area (Å²) in [4.78, 5) is 22.4. The lowest BCUT2D eigenvalue weighted by atomic mass is 10.5. The number of rotatable bonds is 6. The molecule has 1 aromatic heterocycles. The van der Waals surface area contributed by atoms with Crippen LogP contribution in [0.5, 0.6) is 0 Å². The zero-order chi connectivity index (χ0) is 12.7. The Labute approximate surface area is 103 Å². The molecule has 0 unspecified atom stereocenters. The van der Waals surface area contributed by atoms with Crippen LogP contribution in [0.25, 0.3) is 0 Å². The minimum atomic E-state index is -0.211. The van der Waals surface area contributed by atoms with Crippen molar-refractivity contribution in [3.05, 3.63) is 5.28 Å². The van der Waals surface area contributed by atoms with Crippen LogP contribution >= 0.6 is 11.6 Å². The van der Waals surface area contributed by atoms with Crippen LogP contribution in [0.15, 0.2) is 0 Å². The Hall–Kier alpha value is -1.67. The average Bonchev–Trinajstić information content (AvgIpc) is 2.25. The molecule has 17 heavy (non-hydrogen) atoms. The predicted octanol–water partition coefficient (Wildman–Crippen LogP) is -0.718. The van der Waals surface area contributed by atoms with E-state index in [1.54, 1.807) is 7.11 Å². The molecule has 1 aromatic rings. The fourth-order valence-electron chi connectivity index (χ4n) is 0.959. The second kappa shape index (κ2) is 6.81. The van der Waals surface area contributed by atoms with Crippen molar-refractivity contribution in [3.63, 3.8) is 0 Å². The fraction of sp³-hybridized carbons (Fsp3) is 0.500. The summed E-state index contributed by atoms with van der Waals surface area (Å²) in [5.74, 6) is -0.0613. The van der Waals surface area contributed by atoms with Gasteiger partial charge in [-0.05, 0) is 11.6 Å². The number of methoxy groups -OCH3 is 1. The number of anilines is 2. The van der Waals surface area contributed by atoms with Crippen molar-refractivity contribution in [1.29, 1.82) is 0 Å². The number of nitrogen functional groups attached to an aromatic ring is 1. The molecule has 4 N–H and O–H groups in total. The highest BCUT2D eigenvalue weighted by Gasteiger charge is 2.04. The first-order valence-electron chi connectivity index (χ1n) is 4.78. The maximum atomic E-state index is 11.3. The molecule has 0 bridgehead atoms. The first-order chi connectivity index (χ1) is 8.11. The van der Waals surface area contributed by atoms with Crippen molar-refractivity contribution in [1.82, 2.24) is 20.3 Å². The highest BCUT2D eigenvalue weighted by Crippen LogP contribution is 2.05. The van der Waals surface area contributed by atoms with Gasteiger partial charge in [-0.25, -0.2) is 0 Å². The van der Waals surface area contributed by atoms with Gasteiger partial charge in [0.2, 0.25) is 23.1 Å². The van der Waals surface area contributed by atoms with E-state index in [2.05, 4.69) is 25.6 Å². The molecular formula is C8H13ClN6O2. The number of amides is 1. The Kier molecular flexibility index (Phi) is 5.37. The molecule has 9 heteroatoms. The Morgan fingerprint density at radius 1 is 1.47 bits per heavy atom. The number of aromatic nitrogens is 3. The van der Waals surface area contributed by atoms with Crippen molar-refractivity contribution in [3.8, 4) is 0 Å². The summed E-state index contributed by atoms with van der Waals surface area (Å²) in [6.07, 6.45) is 0. The van der Waals surface area contributed by atoms with E-state index in [0.29, 0.717) is 13.2 Å². The molecule has 0 saturated heterocycles.